The van der Waals surface area contributed by atoms with Gasteiger partial charge in [0.05, 0.1) is 0 Å². The van der Waals surface area contributed by atoms with Gasteiger partial charge in [0, 0.05) is 0 Å². The molecule has 0 amide bonds. The maximum absolute atomic E-state index is 12.0. The van der Waals surface area contributed by atoms with Crippen LogP contribution in [-0.4, -0.2) is 35.6 Å². The first-order chi connectivity index (χ1) is 11.6. The molecule has 0 radical (unpaired) electrons. The normalized spacial score (nSPS) is 22.3. The van der Waals surface area contributed by atoms with Crippen LogP contribution in [0.5, 0.6) is 0 Å². The summed E-state index contributed by atoms with van der Waals surface area (Å²) < 4.78 is 69.0. The van der Waals surface area contributed by atoms with E-state index in [0.29, 0.717) is 5.56 Å². The van der Waals surface area contributed by atoms with Gasteiger partial charge < -0.3 is 4.74 Å². The Morgan fingerprint density at radius 3 is 2.19 bits per heavy atom. The smallest absolute Gasteiger partial charge is 0.292 e. The van der Waals surface area contributed by atoms with Gasteiger partial charge in [-0.3, -0.25) is 9.11 Å². The van der Waals surface area contributed by atoms with Gasteiger partial charge in [-0.15, -0.1) is 0 Å². The Morgan fingerprint density at radius 2 is 1.69 bits per heavy atom. The number of allylic oxidation sites excluding steroid dienone is 1. The highest BCUT2D eigenvalue weighted by Gasteiger charge is 2.69. The molecule has 0 aromatic heterocycles. The van der Waals surface area contributed by atoms with E-state index in [1.54, 1.807) is 30.3 Å². The molecule has 1 aliphatic rings. The fraction of sp³-hybridized carbons (Fsp3) is 0.267. The van der Waals surface area contributed by atoms with E-state index < -0.39 is 36.3 Å². The Kier molecular flexibility index (Phi) is 6.67. The first kappa shape index (κ1) is 22.2. The van der Waals surface area contributed by atoms with Crippen LogP contribution in [0.1, 0.15) is 18.4 Å². The summed E-state index contributed by atoms with van der Waals surface area (Å²) in [6.45, 7) is 0. The van der Waals surface area contributed by atoms with Crippen LogP contribution in [0.3, 0.4) is 0 Å². The molecule has 142 valence electrons. The van der Waals surface area contributed by atoms with Gasteiger partial charge in [0.15, 0.2) is 5.60 Å². The molecule has 1 atom stereocenters. The van der Waals surface area contributed by atoms with Crippen molar-refractivity contribution in [3.63, 3.8) is 0 Å². The summed E-state index contributed by atoms with van der Waals surface area (Å²) in [6, 6.07) is 8.40. The van der Waals surface area contributed by atoms with Crippen LogP contribution in [0.2, 0.25) is 0 Å². The van der Waals surface area contributed by atoms with Gasteiger partial charge in [0.2, 0.25) is 0 Å². The summed E-state index contributed by atoms with van der Waals surface area (Å²) in [5.74, 6) is 0. The van der Waals surface area contributed by atoms with Crippen LogP contribution in [0, 0.1) is 11.5 Å². The summed E-state index contributed by atoms with van der Waals surface area (Å²) in [4.78, 5) is 0. The van der Waals surface area contributed by atoms with Crippen molar-refractivity contribution in [3.8, 4) is 6.26 Å². The molecule has 1 aromatic rings. The zero-order valence-electron chi connectivity index (χ0n) is 13.3. The van der Waals surface area contributed by atoms with E-state index in [4.69, 9.17) is 10.00 Å². The van der Waals surface area contributed by atoms with Crippen LogP contribution in [0.15, 0.2) is 48.6 Å². The average Bonchev–Trinajstić information content (AvgIpc) is 2.52. The zero-order chi connectivity index (χ0) is 18.8. The lowest BCUT2D eigenvalue weighted by atomic mass is 9.88. The molecule has 1 unspecified atom stereocenters. The molecule has 2 rings (SSSR count). The minimum Gasteiger partial charge on any atom is -0.409 e. The third-order valence-corrected chi connectivity index (χ3v) is 7.95. The van der Waals surface area contributed by atoms with Crippen LogP contribution >= 0.6 is 13.5 Å². The standard InChI is InChI=1S/C15H15NO7S2.H2S/c16-12-23-14(11-8-13-6-2-1-3-7-13)9-4-5-10-15(14,24(17,18)19)25(20,21)22;/h1-4,6-9,11H,5,10H2,(H,17,18,19)(H,20,21,22);1H2. The lowest BCUT2D eigenvalue weighted by molar-refractivity contribution is 0.0965. The fourth-order valence-electron chi connectivity index (χ4n) is 2.84. The second-order valence-corrected chi connectivity index (χ2v) is 8.93. The Balaban J connectivity index is 0.00000338. The SMILES string of the molecule is N#COC1(C=Cc2ccccc2)C=CCCC1(S(=O)(=O)O)S(=O)(=O)O.S. The summed E-state index contributed by atoms with van der Waals surface area (Å²) in [7, 11) is -10.8. The van der Waals surface area contributed by atoms with Crippen molar-refractivity contribution in [2.24, 2.45) is 0 Å². The molecular weight excluding hydrogens is 402 g/mol. The predicted octanol–water partition coefficient (Wildman–Crippen LogP) is 1.87. The quantitative estimate of drug-likeness (QED) is 0.418. The van der Waals surface area contributed by atoms with E-state index in [0.717, 1.165) is 12.2 Å². The van der Waals surface area contributed by atoms with Crippen molar-refractivity contribution in [1.82, 2.24) is 0 Å². The summed E-state index contributed by atoms with van der Waals surface area (Å²) in [5, 5.41) is 8.95. The first-order valence-corrected chi connectivity index (χ1v) is 9.91. The number of hydrogen-bond acceptors (Lipinski definition) is 6. The van der Waals surface area contributed by atoms with Gasteiger partial charge in [0.25, 0.3) is 30.6 Å². The van der Waals surface area contributed by atoms with Crippen LogP contribution in [0.25, 0.3) is 6.08 Å². The number of nitrogens with zero attached hydrogens (tertiary/aromatic N) is 1. The maximum Gasteiger partial charge on any atom is 0.292 e. The Morgan fingerprint density at radius 1 is 1.12 bits per heavy atom. The van der Waals surface area contributed by atoms with Crippen molar-refractivity contribution < 1.29 is 30.7 Å². The minimum atomic E-state index is -5.40. The van der Waals surface area contributed by atoms with Crippen molar-refractivity contribution >= 4 is 39.8 Å². The second kappa shape index (κ2) is 7.81. The van der Waals surface area contributed by atoms with E-state index in [9.17, 15) is 25.9 Å². The molecule has 0 saturated heterocycles. The van der Waals surface area contributed by atoms with Crippen molar-refractivity contribution in [3.05, 3.63) is 54.1 Å². The number of nitriles is 1. The molecule has 0 aliphatic heterocycles. The van der Waals surface area contributed by atoms with Gasteiger partial charge in [-0.2, -0.15) is 35.6 Å². The molecule has 26 heavy (non-hydrogen) atoms. The zero-order valence-corrected chi connectivity index (χ0v) is 15.9. The first-order valence-electron chi connectivity index (χ1n) is 7.03. The fourth-order valence-corrected chi connectivity index (χ4v) is 5.81. The highest BCUT2D eigenvalue weighted by molar-refractivity contribution is 8.05. The van der Waals surface area contributed by atoms with Crippen molar-refractivity contribution in [1.29, 1.82) is 5.26 Å². The molecule has 1 aliphatic carbocycles. The third-order valence-electron chi connectivity index (χ3n) is 3.97. The average molecular weight is 420 g/mol. The van der Waals surface area contributed by atoms with E-state index in [1.807, 2.05) is 0 Å². The molecule has 11 heteroatoms. The molecule has 0 fully saturated rings. The van der Waals surface area contributed by atoms with Gasteiger partial charge in [-0.05, 0) is 30.6 Å². The van der Waals surface area contributed by atoms with Crippen molar-refractivity contribution in [2.75, 3.05) is 0 Å². The number of rotatable bonds is 5. The van der Waals surface area contributed by atoms with Gasteiger partial charge in [-0.1, -0.05) is 42.5 Å². The lowest BCUT2D eigenvalue weighted by Crippen LogP contribution is -2.63. The largest absolute Gasteiger partial charge is 0.409 e. The summed E-state index contributed by atoms with van der Waals surface area (Å²) >= 11 is 0. The monoisotopic (exact) mass is 419 g/mol. The van der Waals surface area contributed by atoms with Crippen LogP contribution in [-0.2, 0) is 25.0 Å². The minimum absolute atomic E-state index is 0. The molecule has 1 aromatic carbocycles. The Bertz CT molecular complexity index is 915. The van der Waals surface area contributed by atoms with Crippen molar-refractivity contribution in [2.45, 2.75) is 22.5 Å². The molecule has 0 bridgehead atoms. The molecule has 0 saturated carbocycles. The lowest BCUT2D eigenvalue weighted by Gasteiger charge is -2.41. The Labute approximate surface area is 158 Å². The van der Waals surface area contributed by atoms with E-state index in [2.05, 4.69) is 0 Å². The van der Waals surface area contributed by atoms with Crippen LogP contribution in [0.4, 0.5) is 0 Å². The predicted molar refractivity (Wildman–Crippen MR) is 99.5 cm³/mol. The van der Waals surface area contributed by atoms with Gasteiger partial charge >= 0.3 is 0 Å². The molecular formula is C15H17NO7S3. The number of ether oxygens (including phenoxy) is 1. The molecule has 2 N–H and O–H groups in total. The highest BCUT2D eigenvalue weighted by Crippen LogP contribution is 2.46. The van der Waals surface area contributed by atoms with E-state index in [-0.39, 0.29) is 19.9 Å². The van der Waals surface area contributed by atoms with Crippen LogP contribution < -0.4 is 0 Å². The Hall–Kier alpha value is -1.84. The molecule has 0 spiro atoms. The number of hydrogen-bond donors (Lipinski definition) is 2. The number of benzene rings is 1. The third kappa shape index (κ3) is 3.65. The highest BCUT2D eigenvalue weighted by atomic mass is 32.3. The molecule has 0 heterocycles. The van der Waals surface area contributed by atoms with E-state index >= 15 is 0 Å². The molecule has 8 nitrogen and oxygen atoms in total. The topological polar surface area (TPSA) is 142 Å². The van der Waals surface area contributed by atoms with Gasteiger partial charge in [-0.25, -0.2) is 0 Å². The summed E-state index contributed by atoms with van der Waals surface area (Å²) in [6.07, 6.45) is 5.27. The van der Waals surface area contributed by atoms with Gasteiger partial charge in [0.1, 0.15) is 0 Å². The second-order valence-electron chi connectivity index (χ2n) is 5.37. The van der Waals surface area contributed by atoms with E-state index in [1.165, 1.54) is 18.4 Å². The maximum atomic E-state index is 12.0. The summed E-state index contributed by atoms with van der Waals surface area (Å²) in [5.41, 5.74) is -1.88.